The lowest BCUT2D eigenvalue weighted by molar-refractivity contribution is -0.139. The Morgan fingerprint density at radius 3 is 2.13 bits per heavy atom. The van der Waals surface area contributed by atoms with Gasteiger partial charge in [-0.2, -0.15) is 4.72 Å². The highest BCUT2D eigenvalue weighted by atomic mass is 32.2. The van der Waals surface area contributed by atoms with Gasteiger partial charge >= 0.3 is 5.97 Å². The molecule has 0 spiro atoms. The van der Waals surface area contributed by atoms with Gasteiger partial charge < -0.3 is 10.0 Å². The number of hydrogen-bond donors (Lipinski definition) is 2. The summed E-state index contributed by atoms with van der Waals surface area (Å²) in [6, 6.07) is 4.48. The van der Waals surface area contributed by atoms with Gasteiger partial charge in [0.25, 0.3) is 0 Å². The molecule has 1 rings (SSSR count). The molecule has 0 heterocycles. The molecule has 1 amide bonds. The van der Waals surface area contributed by atoms with Crippen LogP contribution in [0.2, 0.25) is 0 Å². The first-order chi connectivity index (χ1) is 10.5. The second-order valence-corrected chi connectivity index (χ2v) is 7.43. The molecule has 128 valence electrons. The van der Waals surface area contributed by atoms with Crippen LogP contribution in [-0.4, -0.2) is 38.5 Å². The highest BCUT2D eigenvalue weighted by Crippen LogP contribution is 2.18. The molecule has 0 fully saturated rings. The van der Waals surface area contributed by atoms with Crippen molar-refractivity contribution < 1.29 is 23.1 Å². The van der Waals surface area contributed by atoms with Crippen molar-refractivity contribution in [2.75, 3.05) is 11.9 Å². The van der Waals surface area contributed by atoms with Crippen molar-refractivity contribution in [3.63, 3.8) is 0 Å². The van der Waals surface area contributed by atoms with Crippen molar-refractivity contribution in [1.29, 1.82) is 0 Å². The lowest BCUT2D eigenvalue weighted by atomic mass is 10.1. The van der Waals surface area contributed by atoms with E-state index < -0.39 is 22.0 Å². The maximum atomic E-state index is 12.3. The molecule has 2 N–H and O–H groups in total. The summed E-state index contributed by atoms with van der Waals surface area (Å²) in [5.41, 5.74) is 0.549. The molecule has 0 unspecified atom stereocenters. The monoisotopic (exact) mass is 342 g/mol. The highest BCUT2D eigenvalue weighted by Gasteiger charge is 2.26. The normalized spacial score (nSPS) is 12.9. The molecule has 1 atom stereocenters. The maximum absolute atomic E-state index is 12.3. The van der Waals surface area contributed by atoms with Crippen LogP contribution in [0.25, 0.3) is 0 Å². The number of aliphatic carboxylic acids is 1. The summed E-state index contributed by atoms with van der Waals surface area (Å²) >= 11 is 0. The topological polar surface area (TPSA) is 104 Å². The Morgan fingerprint density at radius 1 is 1.22 bits per heavy atom. The van der Waals surface area contributed by atoms with Crippen LogP contribution in [0.1, 0.15) is 27.2 Å². The van der Waals surface area contributed by atoms with Crippen molar-refractivity contribution in [2.24, 2.45) is 5.92 Å². The fourth-order valence-electron chi connectivity index (χ4n) is 1.96. The lowest BCUT2D eigenvalue weighted by Gasteiger charge is -2.18. The standard InChI is InChI=1S/C15H22N2O5S/c1-10(2)9-14(15(19)20)16-23(21,22)13-7-5-12(6-8-13)17(4)11(3)18/h5-8,10,14,16H,9H2,1-4H3,(H,19,20)/t14-/m0/s1. The van der Waals surface area contributed by atoms with Crippen LogP contribution in [0.4, 0.5) is 5.69 Å². The first-order valence-corrected chi connectivity index (χ1v) is 8.62. The van der Waals surface area contributed by atoms with Gasteiger partial charge in [-0.15, -0.1) is 0 Å². The molecule has 0 aliphatic rings. The number of carboxylic acid groups (broad SMARTS) is 1. The van der Waals surface area contributed by atoms with Crippen molar-refractivity contribution in [2.45, 2.75) is 38.1 Å². The minimum atomic E-state index is -3.95. The fraction of sp³-hybridized carbons (Fsp3) is 0.467. The lowest BCUT2D eigenvalue weighted by Crippen LogP contribution is -2.41. The summed E-state index contributed by atoms with van der Waals surface area (Å²) in [7, 11) is -2.37. The van der Waals surface area contributed by atoms with Crippen LogP contribution in [-0.2, 0) is 19.6 Å². The van der Waals surface area contributed by atoms with Crippen molar-refractivity contribution in [1.82, 2.24) is 4.72 Å². The number of rotatable bonds is 7. The van der Waals surface area contributed by atoms with E-state index in [0.717, 1.165) is 0 Å². The quantitative estimate of drug-likeness (QED) is 0.780. The fourth-order valence-corrected chi connectivity index (χ4v) is 3.16. The molecule has 0 bridgehead atoms. The van der Waals surface area contributed by atoms with E-state index in [1.165, 1.54) is 36.1 Å². The van der Waals surface area contributed by atoms with Crippen LogP contribution in [0.5, 0.6) is 0 Å². The molecule has 1 aromatic carbocycles. The van der Waals surface area contributed by atoms with E-state index >= 15 is 0 Å². The molecule has 1 aromatic rings. The number of nitrogens with one attached hydrogen (secondary N) is 1. The van der Waals surface area contributed by atoms with E-state index in [-0.39, 0.29) is 23.1 Å². The average molecular weight is 342 g/mol. The first kappa shape index (κ1) is 19.1. The molecular formula is C15H22N2O5S. The number of sulfonamides is 1. The number of carbonyl (C=O) groups excluding carboxylic acids is 1. The Balaban J connectivity index is 2.99. The molecule has 0 aromatic heterocycles. The third-order valence-corrected chi connectivity index (χ3v) is 4.80. The summed E-state index contributed by atoms with van der Waals surface area (Å²) in [4.78, 5) is 23.8. The van der Waals surface area contributed by atoms with Gasteiger partial charge in [-0.25, -0.2) is 8.42 Å². The summed E-state index contributed by atoms with van der Waals surface area (Å²) in [5, 5.41) is 9.14. The minimum absolute atomic E-state index is 0.0328. The first-order valence-electron chi connectivity index (χ1n) is 7.14. The second-order valence-electron chi connectivity index (χ2n) is 5.71. The van der Waals surface area contributed by atoms with Crippen molar-refractivity contribution in [3.05, 3.63) is 24.3 Å². The van der Waals surface area contributed by atoms with E-state index in [1.807, 2.05) is 13.8 Å². The summed E-state index contributed by atoms with van der Waals surface area (Å²) in [6.45, 7) is 5.03. The zero-order valence-electron chi connectivity index (χ0n) is 13.6. The second kappa shape index (κ2) is 7.56. The number of benzene rings is 1. The SMILES string of the molecule is CC(=O)N(C)c1ccc(S(=O)(=O)N[C@@H](CC(C)C)C(=O)O)cc1. The summed E-state index contributed by atoms with van der Waals surface area (Å²) in [5.74, 6) is -1.36. The van der Waals surface area contributed by atoms with Gasteiger partial charge in [0.2, 0.25) is 15.9 Å². The zero-order chi connectivity index (χ0) is 17.8. The van der Waals surface area contributed by atoms with Crippen LogP contribution >= 0.6 is 0 Å². The Hall–Kier alpha value is -1.93. The Kier molecular flexibility index (Phi) is 6.28. The van der Waals surface area contributed by atoms with Crippen LogP contribution in [0.15, 0.2) is 29.2 Å². The van der Waals surface area contributed by atoms with Gasteiger partial charge in [0.1, 0.15) is 6.04 Å². The van der Waals surface area contributed by atoms with Gasteiger partial charge in [-0.1, -0.05) is 13.8 Å². The predicted molar refractivity (Wildman–Crippen MR) is 86.7 cm³/mol. The largest absolute Gasteiger partial charge is 0.480 e. The average Bonchev–Trinajstić information content (AvgIpc) is 2.45. The maximum Gasteiger partial charge on any atom is 0.321 e. The van der Waals surface area contributed by atoms with E-state index in [1.54, 1.807) is 7.05 Å². The molecule has 0 saturated heterocycles. The third kappa shape index (κ3) is 5.33. The van der Waals surface area contributed by atoms with E-state index in [9.17, 15) is 18.0 Å². The van der Waals surface area contributed by atoms with E-state index in [2.05, 4.69) is 4.72 Å². The third-order valence-electron chi connectivity index (χ3n) is 3.31. The highest BCUT2D eigenvalue weighted by molar-refractivity contribution is 7.89. The van der Waals surface area contributed by atoms with Crippen molar-refractivity contribution >= 4 is 27.6 Å². The molecule has 8 heteroatoms. The Morgan fingerprint density at radius 2 is 1.74 bits per heavy atom. The summed E-state index contributed by atoms with van der Waals surface area (Å²) < 4.78 is 26.8. The smallest absolute Gasteiger partial charge is 0.321 e. The molecule has 0 aliphatic heterocycles. The van der Waals surface area contributed by atoms with Crippen molar-refractivity contribution in [3.8, 4) is 0 Å². The van der Waals surface area contributed by atoms with E-state index in [0.29, 0.717) is 5.69 Å². The number of nitrogens with zero attached hydrogens (tertiary/aromatic N) is 1. The minimum Gasteiger partial charge on any atom is -0.480 e. The molecular weight excluding hydrogens is 320 g/mol. The van der Waals surface area contributed by atoms with Crippen LogP contribution in [0, 0.1) is 5.92 Å². The molecule has 23 heavy (non-hydrogen) atoms. The molecule has 0 saturated carbocycles. The predicted octanol–water partition coefficient (Wildman–Crippen LogP) is 1.45. The number of amides is 1. The van der Waals surface area contributed by atoms with Gasteiger partial charge in [0.15, 0.2) is 0 Å². The number of hydrogen-bond acceptors (Lipinski definition) is 4. The van der Waals surface area contributed by atoms with E-state index in [4.69, 9.17) is 5.11 Å². The Bertz CT molecular complexity index is 668. The molecule has 0 radical (unpaired) electrons. The Labute approximate surface area is 136 Å². The van der Waals surface area contributed by atoms with Crippen LogP contribution < -0.4 is 9.62 Å². The molecule has 7 nitrogen and oxygen atoms in total. The van der Waals surface area contributed by atoms with Gasteiger partial charge in [-0.3, -0.25) is 9.59 Å². The van der Waals surface area contributed by atoms with Gasteiger partial charge in [-0.05, 0) is 36.6 Å². The zero-order valence-corrected chi connectivity index (χ0v) is 14.4. The molecule has 0 aliphatic carbocycles. The van der Waals surface area contributed by atoms with Gasteiger partial charge in [0, 0.05) is 19.7 Å². The summed E-state index contributed by atoms with van der Waals surface area (Å²) in [6.07, 6.45) is 0.194. The van der Waals surface area contributed by atoms with Gasteiger partial charge in [0.05, 0.1) is 4.90 Å². The number of anilines is 1. The number of carboxylic acids is 1. The number of carbonyl (C=O) groups is 2. The van der Waals surface area contributed by atoms with Crippen LogP contribution in [0.3, 0.4) is 0 Å².